The zero-order valence-electron chi connectivity index (χ0n) is 20.7. The summed E-state index contributed by atoms with van der Waals surface area (Å²) in [6.07, 6.45) is 5.09. The fourth-order valence-electron chi connectivity index (χ4n) is 3.92. The quantitative estimate of drug-likeness (QED) is 0.248. The third kappa shape index (κ3) is 5.89. The number of nitrogens with zero attached hydrogens (tertiary/aromatic N) is 6. The van der Waals surface area contributed by atoms with E-state index in [-0.39, 0.29) is 36.0 Å². The maximum Gasteiger partial charge on any atom is 0.341 e. The number of pyridine rings is 3. The Bertz CT molecular complexity index is 1550. The summed E-state index contributed by atoms with van der Waals surface area (Å²) in [5, 5.41) is 20.5. The van der Waals surface area contributed by atoms with Gasteiger partial charge in [-0.2, -0.15) is 4.37 Å². The molecule has 1 amide bonds. The topological polar surface area (TPSA) is 189 Å². The monoisotopic (exact) mass is 556 g/mol. The molecule has 15 heteroatoms. The second kappa shape index (κ2) is 12.0. The van der Waals surface area contributed by atoms with Crippen LogP contribution in [0.2, 0.25) is 0 Å². The fraction of sp³-hybridized carbons (Fsp3) is 0.292. The van der Waals surface area contributed by atoms with Crippen molar-refractivity contribution >= 4 is 40.3 Å². The number of nitrogens with one attached hydrogen (secondary N) is 1. The molecule has 4 aromatic heterocycles. The Labute approximate surface area is 224 Å². The van der Waals surface area contributed by atoms with Crippen molar-refractivity contribution in [1.82, 2.24) is 29.2 Å². The van der Waals surface area contributed by atoms with Gasteiger partial charge in [-0.05, 0) is 24.6 Å². The van der Waals surface area contributed by atoms with E-state index in [0.717, 1.165) is 17.7 Å². The number of anilines is 1. The van der Waals surface area contributed by atoms with Crippen LogP contribution in [0.3, 0.4) is 0 Å². The van der Waals surface area contributed by atoms with Crippen molar-refractivity contribution < 1.29 is 24.2 Å². The number of amides is 1. The highest BCUT2D eigenvalue weighted by Gasteiger charge is 2.34. The molecular weight excluding hydrogens is 531 g/mol. The van der Waals surface area contributed by atoms with Crippen molar-refractivity contribution in [3.63, 3.8) is 0 Å². The van der Waals surface area contributed by atoms with Crippen LogP contribution >= 0.6 is 11.5 Å². The van der Waals surface area contributed by atoms with Gasteiger partial charge in [-0.3, -0.25) is 19.1 Å². The van der Waals surface area contributed by atoms with Crippen LogP contribution in [0.4, 0.5) is 10.2 Å². The third-order valence-electron chi connectivity index (χ3n) is 5.94. The molecule has 13 nitrogen and oxygen atoms in total. The lowest BCUT2D eigenvalue weighted by Gasteiger charge is -2.39. The molecule has 204 valence electrons. The van der Waals surface area contributed by atoms with Gasteiger partial charge in [0.1, 0.15) is 23.5 Å². The molecule has 1 fully saturated rings. The van der Waals surface area contributed by atoms with Crippen LogP contribution in [-0.4, -0.2) is 72.2 Å². The van der Waals surface area contributed by atoms with E-state index in [1.807, 2.05) is 4.90 Å². The number of carbonyl (C=O) groups is 2. The SMILES string of the molecule is Cc1cc(N2CC(C(=O)NCc3ccncc3F)C2)nc2c1c(=O)c(C(=O)O)cn2-c1ncns1.NCCO. The molecule has 0 spiro atoms. The Morgan fingerprint density at radius 2 is 2.08 bits per heavy atom. The minimum absolute atomic E-state index is 0.0665. The summed E-state index contributed by atoms with van der Waals surface area (Å²) < 4.78 is 19.1. The van der Waals surface area contributed by atoms with Gasteiger partial charge < -0.3 is 26.2 Å². The van der Waals surface area contributed by atoms with E-state index in [0.29, 0.717) is 41.7 Å². The summed E-state index contributed by atoms with van der Waals surface area (Å²) in [4.78, 5) is 51.4. The highest BCUT2D eigenvalue weighted by molar-refractivity contribution is 7.08. The molecule has 1 aliphatic rings. The number of halogens is 1. The Morgan fingerprint density at radius 3 is 2.69 bits per heavy atom. The highest BCUT2D eigenvalue weighted by Crippen LogP contribution is 2.28. The number of fused-ring (bicyclic) bond motifs is 1. The molecule has 0 bridgehead atoms. The molecule has 0 aromatic carbocycles. The van der Waals surface area contributed by atoms with E-state index >= 15 is 0 Å². The molecule has 5 rings (SSSR count). The Hall–Kier alpha value is -4.34. The summed E-state index contributed by atoms with van der Waals surface area (Å²) >= 11 is 1.04. The van der Waals surface area contributed by atoms with Crippen LogP contribution in [0.5, 0.6) is 0 Å². The van der Waals surface area contributed by atoms with Gasteiger partial charge in [-0.1, -0.05) is 0 Å². The zero-order chi connectivity index (χ0) is 28.1. The van der Waals surface area contributed by atoms with Crippen molar-refractivity contribution in [2.24, 2.45) is 11.7 Å². The van der Waals surface area contributed by atoms with E-state index in [2.05, 4.69) is 24.6 Å². The number of carboxylic acid groups (broad SMARTS) is 1. The number of hydrogen-bond donors (Lipinski definition) is 4. The van der Waals surface area contributed by atoms with E-state index in [1.165, 1.54) is 29.4 Å². The smallest absolute Gasteiger partial charge is 0.341 e. The number of aliphatic hydroxyl groups excluding tert-OH is 1. The van der Waals surface area contributed by atoms with Crippen LogP contribution in [-0.2, 0) is 11.3 Å². The second-order valence-electron chi connectivity index (χ2n) is 8.57. The van der Waals surface area contributed by atoms with Crippen LogP contribution in [0.1, 0.15) is 21.5 Å². The lowest BCUT2D eigenvalue weighted by molar-refractivity contribution is -0.125. The van der Waals surface area contributed by atoms with Crippen LogP contribution < -0.4 is 21.4 Å². The number of carboxylic acids is 1. The van der Waals surface area contributed by atoms with E-state index in [4.69, 9.17) is 10.8 Å². The van der Waals surface area contributed by atoms with E-state index in [9.17, 15) is 23.9 Å². The van der Waals surface area contributed by atoms with Crippen molar-refractivity contribution in [3.8, 4) is 5.13 Å². The summed E-state index contributed by atoms with van der Waals surface area (Å²) in [6.45, 7) is 3.02. The molecule has 1 aliphatic heterocycles. The highest BCUT2D eigenvalue weighted by atomic mass is 32.1. The Kier molecular flexibility index (Phi) is 8.53. The number of aromatic carboxylic acids is 1. The maximum absolute atomic E-state index is 13.7. The molecule has 0 aliphatic carbocycles. The lowest BCUT2D eigenvalue weighted by atomic mass is 9.98. The van der Waals surface area contributed by atoms with Crippen molar-refractivity contribution in [2.45, 2.75) is 13.5 Å². The van der Waals surface area contributed by atoms with Crippen LogP contribution in [0.25, 0.3) is 16.2 Å². The molecule has 5 heterocycles. The number of nitrogens with two attached hydrogens (primary N) is 1. The predicted octanol–water partition coefficient (Wildman–Crippen LogP) is 0.468. The maximum atomic E-state index is 13.7. The van der Waals surface area contributed by atoms with Crippen molar-refractivity contribution in [2.75, 3.05) is 31.1 Å². The van der Waals surface area contributed by atoms with Gasteiger partial charge in [0.25, 0.3) is 0 Å². The van der Waals surface area contributed by atoms with Crippen LogP contribution in [0, 0.1) is 18.7 Å². The summed E-state index contributed by atoms with van der Waals surface area (Å²) in [5.74, 6) is -1.79. The van der Waals surface area contributed by atoms with Gasteiger partial charge >= 0.3 is 5.97 Å². The number of hydrogen-bond acceptors (Lipinski definition) is 11. The molecule has 39 heavy (non-hydrogen) atoms. The molecule has 5 N–H and O–H groups in total. The van der Waals surface area contributed by atoms with E-state index < -0.39 is 22.8 Å². The predicted molar refractivity (Wildman–Crippen MR) is 140 cm³/mol. The minimum atomic E-state index is -1.35. The number of aryl methyl sites for hydroxylation is 1. The number of aromatic nitrogens is 5. The van der Waals surface area contributed by atoms with Gasteiger partial charge in [0.05, 0.1) is 24.1 Å². The van der Waals surface area contributed by atoms with Crippen molar-refractivity contribution in [3.05, 3.63) is 69.8 Å². The molecular formula is C24H25FN8O5S. The van der Waals surface area contributed by atoms with Gasteiger partial charge in [0, 0.05) is 55.7 Å². The first-order valence-corrected chi connectivity index (χ1v) is 12.5. The normalized spacial score (nSPS) is 13.0. The molecule has 0 saturated carbocycles. The van der Waals surface area contributed by atoms with E-state index in [1.54, 1.807) is 13.0 Å². The molecule has 1 saturated heterocycles. The molecule has 0 radical (unpaired) electrons. The Balaban J connectivity index is 0.000000826. The number of rotatable bonds is 7. The average Bonchev–Trinajstić information content (AvgIpc) is 3.42. The van der Waals surface area contributed by atoms with Gasteiger partial charge in [-0.25, -0.2) is 19.2 Å². The van der Waals surface area contributed by atoms with Crippen LogP contribution in [0.15, 0.2) is 41.8 Å². The Morgan fingerprint density at radius 1 is 1.33 bits per heavy atom. The fourth-order valence-corrected chi connectivity index (χ4v) is 4.43. The molecule has 0 unspecified atom stereocenters. The average molecular weight is 557 g/mol. The summed E-state index contributed by atoms with van der Waals surface area (Å²) in [5.41, 5.74) is 4.92. The van der Waals surface area contributed by atoms with Crippen molar-refractivity contribution in [1.29, 1.82) is 0 Å². The minimum Gasteiger partial charge on any atom is -0.477 e. The second-order valence-corrected chi connectivity index (χ2v) is 9.32. The third-order valence-corrected chi connectivity index (χ3v) is 6.61. The van der Waals surface area contributed by atoms with Gasteiger partial charge in [0.2, 0.25) is 16.5 Å². The lowest BCUT2D eigenvalue weighted by Crippen LogP contribution is -2.54. The number of carbonyl (C=O) groups excluding carboxylic acids is 1. The largest absolute Gasteiger partial charge is 0.477 e. The zero-order valence-corrected chi connectivity index (χ0v) is 21.6. The molecule has 4 aromatic rings. The summed E-state index contributed by atoms with van der Waals surface area (Å²) in [6, 6.07) is 3.21. The van der Waals surface area contributed by atoms with Gasteiger partial charge in [0.15, 0.2) is 5.65 Å². The standard InChI is InChI=1S/C22H18FN7O4S.C2H7NO/c1-11-4-16(29-7-13(8-29)20(32)25-5-12-2-3-24-6-15(12)23)28-19-17(11)18(31)14(21(33)34)9-30(19)22-26-10-27-35-22;3-1-2-4/h2-4,6,9-10,13H,5,7-8H2,1H3,(H,25,32)(H,33,34);4H,1-3H2. The summed E-state index contributed by atoms with van der Waals surface area (Å²) in [7, 11) is 0. The number of aliphatic hydroxyl groups is 1. The molecule has 0 atom stereocenters. The first kappa shape index (κ1) is 27.7. The first-order chi connectivity index (χ1) is 18.7. The van der Waals surface area contributed by atoms with Gasteiger partial charge in [-0.15, -0.1) is 0 Å². The first-order valence-electron chi connectivity index (χ1n) is 11.7.